The lowest BCUT2D eigenvalue weighted by Crippen LogP contribution is -2.30. The van der Waals surface area contributed by atoms with Crippen LogP contribution < -0.4 is 10.1 Å². The number of pyridine rings is 1. The molecular formula is C15H24N2O. The van der Waals surface area contributed by atoms with Crippen molar-refractivity contribution >= 4 is 5.69 Å². The van der Waals surface area contributed by atoms with Crippen LogP contribution in [0.3, 0.4) is 0 Å². The van der Waals surface area contributed by atoms with Gasteiger partial charge in [0.2, 0.25) is 5.88 Å². The van der Waals surface area contributed by atoms with Gasteiger partial charge in [-0.2, -0.15) is 0 Å². The van der Waals surface area contributed by atoms with Gasteiger partial charge in [-0.1, -0.05) is 13.8 Å². The first kappa shape index (κ1) is 13.2. The molecule has 3 unspecified atom stereocenters. The molecular weight excluding hydrogens is 224 g/mol. The van der Waals surface area contributed by atoms with Crippen LogP contribution in [0.15, 0.2) is 18.3 Å². The minimum atomic E-state index is 0.593. The van der Waals surface area contributed by atoms with Crippen molar-refractivity contribution in [3.8, 4) is 5.88 Å². The summed E-state index contributed by atoms with van der Waals surface area (Å²) in [6.07, 6.45) is 5.71. The predicted molar refractivity (Wildman–Crippen MR) is 75.0 cm³/mol. The fraction of sp³-hybridized carbons (Fsp3) is 0.667. The zero-order chi connectivity index (χ0) is 13.0. The Balaban J connectivity index is 1.89. The lowest BCUT2D eigenvalue weighted by molar-refractivity contribution is 0.261. The Hall–Kier alpha value is -1.25. The summed E-state index contributed by atoms with van der Waals surface area (Å²) < 4.78 is 5.34. The Morgan fingerprint density at radius 1 is 1.28 bits per heavy atom. The van der Waals surface area contributed by atoms with E-state index in [1.807, 2.05) is 19.2 Å². The van der Waals surface area contributed by atoms with E-state index in [1.54, 1.807) is 0 Å². The molecule has 0 radical (unpaired) electrons. The number of nitrogens with zero attached hydrogens (tertiary/aromatic N) is 1. The zero-order valence-electron chi connectivity index (χ0n) is 11.6. The summed E-state index contributed by atoms with van der Waals surface area (Å²) in [5.41, 5.74) is 1.10. The third-order valence-corrected chi connectivity index (χ3v) is 4.00. The van der Waals surface area contributed by atoms with Crippen LogP contribution in [-0.2, 0) is 0 Å². The first-order chi connectivity index (χ1) is 8.69. The largest absolute Gasteiger partial charge is 0.478 e. The normalized spacial score (nSPS) is 27.8. The highest BCUT2D eigenvalue weighted by atomic mass is 16.5. The predicted octanol–water partition coefficient (Wildman–Crippen LogP) is 3.72. The summed E-state index contributed by atoms with van der Waals surface area (Å²) in [5.74, 6) is 2.38. The van der Waals surface area contributed by atoms with Crippen LogP contribution in [0.25, 0.3) is 0 Å². The third-order valence-electron chi connectivity index (χ3n) is 4.00. The van der Waals surface area contributed by atoms with Gasteiger partial charge in [0.05, 0.1) is 18.5 Å². The van der Waals surface area contributed by atoms with Crippen LogP contribution in [0.1, 0.15) is 40.0 Å². The lowest BCUT2D eigenvalue weighted by Gasteiger charge is -2.33. The second-order valence-electron chi connectivity index (χ2n) is 5.43. The Bertz CT molecular complexity index is 363. The molecule has 1 saturated carbocycles. The van der Waals surface area contributed by atoms with Gasteiger partial charge in [-0.15, -0.1) is 0 Å². The Morgan fingerprint density at radius 3 is 2.72 bits per heavy atom. The van der Waals surface area contributed by atoms with Gasteiger partial charge in [-0.05, 0) is 44.1 Å². The number of nitrogens with one attached hydrogen (secondary N) is 1. The SMILES string of the molecule is CCOc1ccc(NC2CCC(C)C(C)C2)cn1. The topological polar surface area (TPSA) is 34.1 Å². The zero-order valence-corrected chi connectivity index (χ0v) is 11.6. The maximum absolute atomic E-state index is 5.34. The number of rotatable bonds is 4. The molecule has 1 aliphatic carbocycles. The van der Waals surface area contributed by atoms with E-state index in [4.69, 9.17) is 4.74 Å². The van der Waals surface area contributed by atoms with Crippen LogP contribution in [0.2, 0.25) is 0 Å². The number of aromatic nitrogens is 1. The molecule has 100 valence electrons. The second kappa shape index (κ2) is 6.07. The van der Waals surface area contributed by atoms with Crippen LogP contribution in [-0.4, -0.2) is 17.6 Å². The second-order valence-corrected chi connectivity index (χ2v) is 5.43. The molecule has 3 nitrogen and oxygen atoms in total. The van der Waals surface area contributed by atoms with Crippen molar-refractivity contribution in [1.82, 2.24) is 4.98 Å². The van der Waals surface area contributed by atoms with Gasteiger partial charge >= 0.3 is 0 Å². The van der Waals surface area contributed by atoms with Gasteiger partial charge in [0.25, 0.3) is 0 Å². The Labute approximate surface area is 110 Å². The fourth-order valence-electron chi connectivity index (χ4n) is 2.61. The molecule has 18 heavy (non-hydrogen) atoms. The van der Waals surface area contributed by atoms with Crippen molar-refractivity contribution in [3.63, 3.8) is 0 Å². The highest BCUT2D eigenvalue weighted by molar-refractivity contribution is 5.43. The molecule has 0 amide bonds. The smallest absolute Gasteiger partial charge is 0.213 e. The maximum atomic E-state index is 5.34. The summed E-state index contributed by atoms with van der Waals surface area (Å²) in [7, 11) is 0. The summed E-state index contributed by atoms with van der Waals surface area (Å²) in [6, 6.07) is 4.58. The third kappa shape index (κ3) is 3.37. The van der Waals surface area contributed by atoms with Crippen molar-refractivity contribution in [2.45, 2.75) is 46.1 Å². The van der Waals surface area contributed by atoms with Gasteiger partial charge in [0, 0.05) is 12.1 Å². The first-order valence-corrected chi connectivity index (χ1v) is 7.04. The van der Waals surface area contributed by atoms with E-state index in [-0.39, 0.29) is 0 Å². The summed E-state index contributed by atoms with van der Waals surface area (Å²) >= 11 is 0. The summed E-state index contributed by atoms with van der Waals surface area (Å²) in [6.45, 7) is 7.35. The van der Waals surface area contributed by atoms with E-state index in [0.717, 1.165) is 17.5 Å². The fourth-order valence-corrected chi connectivity index (χ4v) is 2.61. The van der Waals surface area contributed by atoms with Gasteiger partial charge < -0.3 is 10.1 Å². The standard InChI is InChI=1S/C15H24N2O/c1-4-18-15-8-7-14(10-16-15)17-13-6-5-11(2)12(3)9-13/h7-8,10-13,17H,4-6,9H2,1-3H3. The molecule has 1 aromatic heterocycles. The van der Waals surface area contributed by atoms with Gasteiger partial charge in [-0.3, -0.25) is 0 Å². The average Bonchev–Trinajstić information content (AvgIpc) is 2.37. The number of hydrogen-bond acceptors (Lipinski definition) is 3. The van der Waals surface area contributed by atoms with Crippen molar-refractivity contribution in [2.24, 2.45) is 11.8 Å². The average molecular weight is 248 g/mol. The van der Waals surface area contributed by atoms with E-state index in [1.165, 1.54) is 19.3 Å². The molecule has 3 heteroatoms. The van der Waals surface area contributed by atoms with Crippen LogP contribution in [0.4, 0.5) is 5.69 Å². The number of ether oxygens (including phenoxy) is 1. The van der Waals surface area contributed by atoms with Crippen LogP contribution in [0.5, 0.6) is 5.88 Å². The molecule has 1 fully saturated rings. The van der Waals surface area contributed by atoms with Gasteiger partial charge in [0.15, 0.2) is 0 Å². The molecule has 3 atom stereocenters. The number of hydrogen-bond donors (Lipinski definition) is 1. The lowest BCUT2D eigenvalue weighted by atomic mass is 9.79. The maximum Gasteiger partial charge on any atom is 0.213 e. The molecule has 1 aliphatic rings. The van der Waals surface area contributed by atoms with Crippen molar-refractivity contribution in [2.75, 3.05) is 11.9 Å². The molecule has 0 spiro atoms. The minimum Gasteiger partial charge on any atom is -0.478 e. The number of anilines is 1. The summed E-state index contributed by atoms with van der Waals surface area (Å²) in [5, 5.41) is 3.58. The molecule has 0 saturated heterocycles. The van der Waals surface area contributed by atoms with E-state index in [9.17, 15) is 0 Å². The molecule has 1 N–H and O–H groups in total. The van der Waals surface area contributed by atoms with Gasteiger partial charge in [-0.25, -0.2) is 4.98 Å². The van der Waals surface area contributed by atoms with Crippen molar-refractivity contribution in [1.29, 1.82) is 0 Å². The quantitative estimate of drug-likeness (QED) is 0.882. The Kier molecular flexibility index (Phi) is 4.45. The molecule has 1 aromatic rings. The van der Waals surface area contributed by atoms with Crippen LogP contribution >= 0.6 is 0 Å². The van der Waals surface area contributed by atoms with E-state index in [2.05, 4.69) is 30.2 Å². The molecule has 0 aromatic carbocycles. The van der Waals surface area contributed by atoms with E-state index >= 15 is 0 Å². The highest BCUT2D eigenvalue weighted by Gasteiger charge is 2.24. The van der Waals surface area contributed by atoms with Crippen LogP contribution in [0, 0.1) is 11.8 Å². The molecule has 0 aliphatic heterocycles. The van der Waals surface area contributed by atoms with Crippen molar-refractivity contribution in [3.05, 3.63) is 18.3 Å². The first-order valence-electron chi connectivity index (χ1n) is 7.04. The van der Waals surface area contributed by atoms with Crippen molar-refractivity contribution < 1.29 is 4.74 Å². The summed E-state index contributed by atoms with van der Waals surface area (Å²) in [4.78, 5) is 4.28. The molecule has 0 bridgehead atoms. The van der Waals surface area contributed by atoms with E-state index < -0.39 is 0 Å². The monoisotopic (exact) mass is 248 g/mol. The van der Waals surface area contributed by atoms with Gasteiger partial charge in [0.1, 0.15) is 0 Å². The highest BCUT2D eigenvalue weighted by Crippen LogP contribution is 2.31. The molecule has 1 heterocycles. The molecule has 2 rings (SSSR count). The minimum absolute atomic E-state index is 0.593. The van der Waals surface area contributed by atoms with E-state index in [0.29, 0.717) is 18.5 Å². The Morgan fingerprint density at radius 2 is 2.11 bits per heavy atom.